The molecule has 14 heavy (non-hydrogen) atoms. The first kappa shape index (κ1) is 12.9. The summed E-state index contributed by atoms with van der Waals surface area (Å²) in [5.74, 6) is -1.48. The highest BCUT2D eigenvalue weighted by Crippen LogP contribution is 1.93. The van der Waals surface area contributed by atoms with Crippen molar-refractivity contribution in [1.29, 1.82) is 0 Å². The van der Waals surface area contributed by atoms with Crippen LogP contribution in [0.3, 0.4) is 0 Å². The number of methoxy groups -OCH3 is 1. The molecule has 2 atom stereocenters. The number of ether oxygens (including phenoxy) is 3. The van der Waals surface area contributed by atoms with Gasteiger partial charge in [0.05, 0.1) is 0 Å². The fourth-order valence-electron chi connectivity index (χ4n) is 0.480. The molecule has 0 heterocycles. The monoisotopic (exact) mass is 206 g/mol. The van der Waals surface area contributed by atoms with Gasteiger partial charge in [-0.3, -0.25) is 0 Å². The smallest absolute Gasteiger partial charge is 0.337 e. The lowest BCUT2D eigenvalue weighted by Crippen LogP contribution is -2.26. The van der Waals surface area contributed by atoms with Crippen molar-refractivity contribution in [3.05, 3.63) is 0 Å². The van der Waals surface area contributed by atoms with Crippen LogP contribution in [0.1, 0.15) is 13.8 Å². The molecule has 0 aliphatic heterocycles. The first-order valence-corrected chi connectivity index (χ1v) is 4.03. The van der Waals surface area contributed by atoms with Crippen molar-refractivity contribution in [1.82, 2.24) is 0 Å². The molecule has 0 saturated heterocycles. The first-order chi connectivity index (χ1) is 6.49. The van der Waals surface area contributed by atoms with Crippen LogP contribution in [0.25, 0.3) is 0 Å². The maximum atomic E-state index is 10.9. The van der Waals surface area contributed by atoms with Gasteiger partial charge in [0.1, 0.15) is 6.10 Å². The molecule has 82 valence electrons. The molecule has 0 aliphatic carbocycles. The van der Waals surface area contributed by atoms with Crippen LogP contribution in [0.2, 0.25) is 0 Å². The zero-order valence-electron chi connectivity index (χ0n) is 8.35. The molecular formula is C8H14O6. The average Bonchev–Trinajstić information content (AvgIpc) is 2.15. The molecule has 0 radical (unpaired) electrons. The van der Waals surface area contributed by atoms with Crippen molar-refractivity contribution in [2.24, 2.45) is 0 Å². The van der Waals surface area contributed by atoms with Crippen molar-refractivity contribution in [2.75, 3.05) is 13.9 Å². The molecule has 0 aromatic carbocycles. The summed E-state index contributed by atoms with van der Waals surface area (Å²) in [5.41, 5.74) is 0. The highest BCUT2D eigenvalue weighted by Gasteiger charge is 2.15. The van der Waals surface area contributed by atoms with Crippen molar-refractivity contribution >= 4 is 11.9 Å². The molecule has 6 nitrogen and oxygen atoms in total. The maximum absolute atomic E-state index is 10.9. The molecule has 6 heteroatoms. The molecule has 1 N–H and O–H groups in total. The summed E-state index contributed by atoms with van der Waals surface area (Å²) in [7, 11) is 1.35. The van der Waals surface area contributed by atoms with E-state index in [0.717, 1.165) is 0 Å². The van der Waals surface area contributed by atoms with Crippen LogP contribution in [0, 0.1) is 0 Å². The third-order valence-corrected chi connectivity index (χ3v) is 1.43. The van der Waals surface area contributed by atoms with Gasteiger partial charge in [0.15, 0.2) is 6.10 Å². The molecule has 0 spiro atoms. The number of rotatable bonds is 5. The van der Waals surface area contributed by atoms with E-state index in [4.69, 9.17) is 5.11 Å². The van der Waals surface area contributed by atoms with Gasteiger partial charge in [-0.2, -0.15) is 0 Å². The third-order valence-electron chi connectivity index (χ3n) is 1.43. The van der Waals surface area contributed by atoms with Gasteiger partial charge in [0.2, 0.25) is 6.79 Å². The molecule has 0 aliphatic rings. The predicted octanol–water partition coefficient (Wildman–Crippen LogP) is -0.554. The molecule has 0 aromatic heterocycles. The zero-order valence-corrected chi connectivity index (χ0v) is 8.35. The Kier molecular flexibility index (Phi) is 5.82. The van der Waals surface area contributed by atoms with Gasteiger partial charge in [0.25, 0.3) is 0 Å². The van der Waals surface area contributed by atoms with Gasteiger partial charge < -0.3 is 19.3 Å². The van der Waals surface area contributed by atoms with E-state index < -0.39 is 30.9 Å². The zero-order chi connectivity index (χ0) is 11.1. The number of aliphatic hydroxyl groups excluding tert-OH is 1. The van der Waals surface area contributed by atoms with Gasteiger partial charge in [-0.25, -0.2) is 9.59 Å². The van der Waals surface area contributed by atoms with Gasteiger partial charge >= 0.3 is 11.9 Å². The van der Waals surface area contributed by atoms with E-state index in [9.17, 15) is 9.59 Å². The van der Waals surface area contributed by atoms with Gasteiger partial charge in [-0.1, -0.05) is 0 Å². The van der Waals surface area contributed by atoms with Crippen LogP contribution in [-0.2, 0) is 23.8 Å². The van der Waals surface area contributed by atoms with Crippen LogP contribution in [0.5, 0.6) is 0 Å². The Morgan fingerprint density at radius 3 is 2.14 bits per heavy atom. The van der Waals surface area contributed by atoms with E-state index in [1.54, 1.807) is 0 Å². The van der Waals surface area contributed by atoms with Crippen molar-refractivity contribution in [3.8, 4) is 0 Å². The van der Waals surface area contributed by atoms with Crippen molar-refractivity contribution in [2.45, 2.75) is 26.1 Å². The van der Waals surface area contributed by atoms with E-state index in [1.165, 1.54) is 21.0 Å². The molecule has 0 amide bonds. The molecule has 0 fully saturated rings. The minimum atomic E-state index is -1.23. The van der Waals surface area contributed by atoms with Gasteiger partial charge in [0, 0.05) is 7.11 Å². The fourth-order valence-corrected chi connectivity index (χ4v) is 0.480. The highest BCUT2D eigenvalue weighted by molar-refractivity contribution is 5.75. The minimum Gasteiger partial charge on any atom is -0.426 e. The minimum absolute atomic E-state index is 0.518. The summed E-state index contributed by atoms with van der Waals surface area (Å²) in [5, 5.41) is 8.70. The lowest BCUT2D eigenvalue weighted by Gasteiger charge is -2.10. The largest absolute Gasteiger partial charge is 0.426 e. The predicted molar refractivity (Wildman–Crippen MR) is 45.2 cm³/mol. The number of carbonyl (C=O) groups excluding carboxylic acids is 2. The summed E-state index contributed by atoms with van der Waals surface area (Å²) in [6, 6.07) is 0. The molecular weight excluding hydrogens is 192 g/mol. The number of esters is 2. The normalized spacial score (nSPS) is 14.3. The van der Waals surface area contributed by atoms with Gasteiger partial charge in [-0.15, -0.1) is 0 Å². The van der Waals surface area contributed by atoms with E-state index >= 15 is 0 Å². The lowest BCUT2D eigenvalue weighted by molar-refractivity contribution is -0.177. The standard InChI is InChI=1S/C8H14O6/c1-5(9)7(10)13-4-14-8(11)6(2)12-3/h5-6,9H,4H2,1-3H3. The summed E-state index contributed by atoms with van der Waals surface area (Å²) in [6.07, 6.45) is -1.94. The number of carbonyl (C=O) groups is 2. The topological polar surface area (TPSA) is 82.1 Å². The average molecular weight is 206 g/mol. The summed E-state index contributed by atoms with van der Waals surface area (Å²) in [6.45, 7) is 2.23. The van der Waals surface area contributed by atoms with E-state index in [0.29, 0.717) is 0 Å². The Bertz CT molecular complexity index is 200. The quantitative estimate of drug-likeness (QED) is 0.480. The van der Waals surface area contributed by atoms with Crippen molar-refractivity contribution < 1.29 is 28.9 Å². The van der Waals surface area contributed by atoms with Crippen LogP contribution < -0.4 is 0 Å². The number of hydrogen-bond donors (Lipinski definition) is 1. The van der Waals surface area contributed by atoms with Crippen molar-refractivity contribution in [3.63, 3.8) is 0 Å². The highest BCUT2D eigenvalue weighted by atomic mass is 16.7. The van der Waals surface area contributed by atoms with E-state index in [2.05, 4.69) is 14.2 Å². The first-order valence-electron chi connectivity index (χ1n) is 4.03. The van der Waals surface area contributed by atoms with Crippen LogP contribution in [0.15, 0.2) is 0 Å². The van der Waals surface area contributed by atoms with Crippen LogP contribution in [0.4, 0.5) is 0 Å². The Labute approximate surface area is 81.8 Å². The molecule has 2 unspecified atom stereocenters. The summed E-state index contributed by atoms with van der Waals surface area (Å²) < 4.78 is 13.5. The molecule has 0 rings (SSSR count). The Morgan fingerprint density at radius 1 is 1.21 bits per heavy atom. The van der Waals surface area contributed by atoms with E-state index in [1.807, 2.05) is 0 Å². The third kappa shape index (κ3) is 4.78. The van der Waals surface area contributed by atoms with Crippen LogP contribution >= 0.6 is 0 Å². The number of aliphatic hydroxyl groups is 1. The molecule has 0 bridgehead atoms. The second-order valence-corrected chi connectivity index (χ2v) is 2.60. The molecule has 0 saturated carbocycles. The fraction of sp³-hybridized carbons (Fsp3) is 0.750. The second kappa shape index (κ2) is 6.33. The SMILES string of the molecule is COC(C)C(=O)OCOC(=O)C(C)O. The Morgan fingerprint density at radius 2 is 1.71 bits per heavy atom. The van der Waals surface area contributed by atoms with Gasteiger partial charge in [-0.05, 0) is 13.8 Å². The number of hydrogen-bond acceptors (Lipinski definition) is 6. The maximum Gasteiger partial charge on any atom is 0.337 e. The summed E-state index contributed by atoms with van der Waals surface area (Å²) in [4.78, 5) is 21.6. The van der Waals surface area contributed by atoms with E-state index in [-0.39, 0.29) is 0 Å². The Balaban J connectivity index is 3.64. The second-order valence-electron chi connectivity index (χ2n) is 2.60. The van der Waals surface area contributed by atoms with Crippen LogP contribution in [-0.4, -0.2) is 43.2 Å². The summed E-state index contributed by atoms with van der Waals surface area (Å²) >= 11 is 0. The Hall–Kier alpha value is -1.14. The lowest BCUT2D eigenvalue weighted by atomic mass is 10.4. The molecule has 0 aromatic rings.